The van der Waals surface area contributed by atoms with Crippen molar-refractivity contribution in [1.82, 2.24) is 9.55 Å². The van der Waals surface area contributed by atoms with E-state index in [1.54, 1.807) is 0 Å². The van der Waals surface area contributed by atoms with E-state index in [2.05, 4.69) is 95.5 Å². The van der Waals surface area contributed by atoms with Crippen LogP contribution in [0.5, 0.6) is 0 Å². The van der Waals surface area contributed by atoms with Crippen molar-refractivity contribution in [3.63, 3.8) is 0 Å². The zero-order chi connectivity index (χ0) is 17.5. The maximum absolute atomic E-state index is 4.42. The fourth-order valence-electron chi connectivity index (χ4n) is 3.92. The molecule has 2 aromatic heterocycles. The fourth-order valence-corrected chi connectivity index (χ4v) is 3.92. The van der Waals surface area contributed by atoms with Gasteiger partial charge >= 0.3 is 0 Å². The van der Waals surface area contributed by atoms with E-state index in [0.717, 1.165) is 10.9 Å². The van der Waals surface area contributed by atoms with Gasteiger partial charge in [-0.2, -0.15) is 0 Å². The highest BCUT2D eigenvalue weighted by molar-refractivity contribution is 6.18. The van der Waals surface area contributed by atoms with Gasteiger partial charge in [0, 0.05) is 35.7 Å². The Hall–Kier alpha value is -3.39. The minimum absolute atomic E-state index is 1.15. The molecule has 5 aromatic rings. The van der Waals surface area contributed by atoms with Gasteiger partial charge in [0.15, 0.2) is 0 Å². The molecular weight excluding hydrogens is 316 g/mol. The molecule has 0 amide bonds. The highest BCUT2D eigenvalue weighted by atomic mass is 14.9. The number of fused-ring (bicyclic) bond motifs is 7. The molecule has 5 rings (SSSR count). The van der Waals surface area contributed by atoms with Crippen LogP contribution < -0.4 is 0 Å². The van der Waals surface area contributed by atoms with Crippen molar-refractivity contribution in [2.24, 2.45) is 7.05 Å². The molecular formula is C24H18N2. The first-order chi connectivity index (χ1) is 12.8. The standard InChI is InChI=1S/C24H18N2/c1-26-23-13-7-6-12-21(23)19-10-4-2-8-17(19)18-9-3-5-11-20(18)22-16-25-15-14-24(22)26/h2-16H,1H3. The first kappa shape index (κ1) is 14.9. The monoisotopic (exact) mass is 334 g/mol. The number of hydrogen-bond donors (Lipinski definition) is 0. The predicted octanol–water partition coefficient (Wildman–Crippen LogP) is 6.16. The molecule has 0 aliphatic heterocycles. The molecule has 0 bridgehead atoms. The molecule has 0 fully saturated rings. The third kappa shape index (κ3) is 2.16. The summed E-state index contributed by atoms with van der Waals surface area (Å²) in [6, 6.07) is 28.0. The second-order valence-corrected chi connectivity index (χ2v) is 6.56. The van der Waals surface area contributed by atoms with Crippen LogP contribution in [0.4, 0.5) is 0 Å². The van der Waals surface area contributed by atoms with E-state index in [-0.39, 0.29) is 0 Å². The molecule has 0 saturated heterocycles. The number of nitrogens with zero attached hydrogens (tertiary/aromatic N) is 2. The van der Waals surface area contributed by atoms with Gasteiger partial charge in [-0.1, -0.05) is 66.7 Å². The van der Waals surface area contributed by atoms with Gasteiger partial charge in [-0.15, -0.1) is 0 Å². The van der Waals surface area contributed by atoms with Crippen molar-refractivity contribution in [3.8, 4) is 0 Å². The SMILES string of the molecule is Cn1c2ccccc2c2ccccc2c2ccccc2c2cnccc21. The van der Waals surface area contributed by atoms with Gasteiger partial charge in [-0.3, -0.25) is 4.98 Å². The lowest BCUT2D eigenvalue weighted by Crippen LogP contribution is -1.92. The van der Waals surface area contributed by atoms with Crippen molar-refractivity contribution in [1.29, 1.82) is 0 Å². The summed E-state index contributed by atoms with van der Waals surface area (Å²) in [6.07, 6.45) is 3.84. The molecule has 26 heavy (non-hydrogen) atoms. The highest BCUT2D eigenvalue weighted by Gasteiger charge is 2.06. The Balaban J connectivity index is 2.31. The first-order valence-corrected chi connectivity index (χ1v) is 8.80. The predicted molar refractivity (Wildman–Crippen MR) is 111 cm³/mol. The molecule has 3 aromatic carbocycles. The van der Waals surface area contributed by atoms with Crippen molar-refractivity contribution in [3.05, 3.63) is 91.3 Å². The summed E-state index contributed by atoms with van der Waals surface area (Å²) in [6.45, 7) is 0. The first-order valence-electron chi connectivity index (χ1n) is 8.80. The molecule has 2 heteroatoms. The molecule has 0 N–H and O–H groups in total. The van der Waals surface area contributed by atoms with Gasteiger partial charge in [-0.05, 0) is 33.7 Å². The van der Waals surface area contributed by atoms with Gasteiger partial charge in [-0.25, -0.2) is 0 Å². The molecule has 2 heterocycles. The number of para-hydroxylation sites is 1. The van der Waals surface area contributed by atoms with E-state index in [0.29, 0.717) is 0 Å². The van der Waals surface area contributed by atoms with Crippen LogP contribution in [-0.4, -0.2) is 9.55 Å². The van der Waals surface area contributed by atoms with Gasteiger partial charge in [0.2, 0.25) is 0 Å². The second kappa shape index (κ2) is 5.85. The molecule has 0 aliphatic rings. The van der Waals surface area contributed by atoms with Crippen molar-refractivity contribution >= 4 is 43.4 Å². The third-order valence-corrected chi connectivity index (χ3v) is 5.15. The van der Waals surface area contributed by atoms with Crippen LogP contribution in [-0.2, 0) is 7.05 Å². The average Bonchev–Trinajstić information content (AvgIpc) is 2.76. The molecule has 0 atom stereocenters. The van der Waals surface area contributed by atoms with E-state index in [1.807, 2.05) is 12.4 Å². The third-order valence-electron chi connectivity index (χ3n) is 5.15. The molecule has 2 nitrogen and oxygen atoms in total. The summed E-state index contributed by atoms with van der Waals surface area (Å²) in [5.74, 6) is 0. The van der Waals surface area contributed by atoms with E-state index < -0.39 is 0 Å². The zero-order valence-electron chi connectivity index (χ0n) is 14.6. The Labute approximate surface area is 151 Å². The van der Waals surface area contributed by atoms with E-state index >= 15 is 0 Å². The molecule has 0 aliphatic carbocycles. The Kier molecular flexibility index (Phi) is 3.36. The van der Waals surface area contributed by atoms with Gasteiger partial charge in [0.25, 0.3) is 0 Å². The van der Waals surface area contributed by atoms with Crippen molar-refractivity contribution in [2.45, 2.75) is 0 Å². The molecule has 124 valence electrons. The smallest absolute Gasteiger partial charge is 0.0519 e. The number of rotatable bonds is 0. The number of aryl methyl sites for hydroxylation is 1. The van der Waals surface area contributed by atoms with Crippen molar-refractivity contribution < 1.29 is 0 Å². The lowest BCUT2D eigenvalue weighted by Gasteiger charge is -2.06. The van der Waals surface area contributed by atoms with Crippen LogP contribution >= 0.6 is 0 Å². The largest absolute Gasteiger partial charge is 0.344 e. The van der Waals surface area contributed by atoms with Crippen LogP contribution in [0, 0.1) is 0 Å². The fraction of sp³-hybridized carbons (Fsp3) is 0.0417. The topological polar surface area (TPSA) is 17.8 Å². The number of hydrogen-bond acceptors (Lipinski definition) is 1. The molecule has 0 radical (unpaired) electrons. The Morgan fingerprint density at radius 3 is 1.65 bits per heavy atom. The minimum atomic E-state index is 1.15. The Morgan fingerprint density at radius 1 is 0.538 bits per heavy atom. The van der Waals surface area contributed by atoms with E-state index in [4.69, 9.17) is 0 Å². The van der Waals surface area contributed by atoms with Crippen LogP contribution in [0.2, 0.25) is 0 Å². The highest BCUT2D eigenvalue weighted by Crippen LogP contribution is 2.31. The van der Waals surface area contributed by atoms with Crippen LogP contribution in [0.1, 0.15) is 0 Å². The lowest BCUT2D eigenvalue weighted by molar-refractivity contribution is 1.01. The maximum atomic E-state index is 4.42. The maximum Gasteiger partial charge on any atom is 0.0519 e. The zero-order valence-corrected chi connectivity index (χ0v) is 14.6. The minimum Gasteiger partial charge on any atom is -0.344 e. The summed E-state index contributed by atoms with van der Waals surface area (Å²) in [7, 11) is 2.13. The quantitative estimate of drug-likeness (QED) is 0.332. The summed E-state index contributed by atoms with van der Waals surface area (Å²) in [4.78, 5) is 4.42. The summed E-state index contributed by atoms with van der Waals surface area (Å²) in [5.41, 5.74) is 2.35. The van der Waals surface area contributed by atoms with E-state index in [1.165, 1.54) is 32.4 Å². The van der Waals surface area contributed by atoms with Gasteiger partial charge < -0.3 is 4.57 Å². The normalized spacial score (nSPS) is 11.3. The molecule has 0 spiro atoms. The average molecular weight is 334 g/mol. The Bertz CT molecular complexity index is 1240. The summed E-state index contributed by atoms with van der Waals surface area (Å²) in [5, 5.41) is 7.34. The van der Waals surface area contributed by atoms with Crippen molar-refractivity contribution in [2.75, 3.05) is 0 Å². The van der Waals surface area contributed by atoms with Crippen LogP contribution in [0.3, 0.4) is 0 Å². The van der Waals surface area contributed by atoms with Crippen LogP contribution in [0.25, 0.3) is 43.4 Å². The number of benzene rings is 3. The second-order valence-electron chi connectivity index (χ2n) is 6.56. The summed E-state index contributed by atoms with van der Waals surface area (Å²) < 4.78 is 2.27. The molecule has 0 unspecified atom stereocenters. The van der Waals surface area contributed by atoms with Gasteiger partial charge in [0.05, 0.1) is 5.52 Å². The summed E-state index contributed by atoms with van der Waals surface area (Å²) >= 11 is 0. The van der Waals surface area contributed by atoms with Gasteiger partial charge in [0.1, 0.15) is 0 Å². The van der Waals surface area contributed by atoms with E-state index in [9.17, 15) is 0 Å². The Morgan fingerprint density at radius 2 is 1.00 bits per heavy atom. The lowest BCUT2D eigenvalue weighted by atomic mass is 10.0. The number of aromatic nitrogens is 2. The van der Waals surface area contributed by atoms with Crippen LogP contribution in [0.15, 0.2) is 91.3 Å². The molecule has 0 saturated carbocycles. The number of pyridine rings is 1.